The van der Waals surface area contributed by atoms with Gasteiger partial charge in [-0.2, -0.15) is 0 Å². The van der Waals surface area contributed by atoms with E-state index in [-0.39, 0.29) is 5.91 Å². The number of morpholine rings is 1. The molecule has 144 valence electrons. The van der Waals surface area contributed by atoms with E-state index in [1.807, 2.05) is 37.1 Å². The minimum absolute atomic E-state index is 0.0110. The fourth-order valence-corrected chi connectivity index (χ4v) is 3.52. The highest BCUT2D eigenvalue weighted by Crippen LogP contribution is 2.23. The number of hydrogen-bond donors (Lipinski definition) is 1. The Morgan fingerprint density at radius 3 is 2.70 bits per heavy atom. The van der Waals surface area contributed by atoms with Crippen molar-refractivity contribution >= 4 is 33.2 Å². The molecule has 0 spiro atoms. The van der Waals surface area contributed by atoms with Gasteiger partial charge >= 0.3 is 0 Å². The number of benzene rings is 2. The lowest BCUT2D eigenvalue weighted by atomic mass is 10.1. The summed E-state index contributed by atoms with van der Waals surface area (Å²) < 4.78 is 6.50. The molecule has 1 aliphatic rings. The van der Waals surface area contributed by atoms with Gasteiger partial charge in [-0.25, -0.2) is 0 Å². The van der Waals surface area contributed by atoms with Gasteiger partial charge in [0.05, 0.1) is 19.8 Å². The average Bonchev–Trinajstić information content (AvgIpc) is 2.66. The van der Waals surface area contributed by atoms with Gasteiger partial charge in [0.25, 0.3) is 0 Å². The van der Waals surface area contributed by atoms with Crippen molar-refractivity contribution < 1.29 is 9.53 Å². The second-order valence-electron chi connectivity index (χ2n) is 6.91. The molecule has 6 heteroatoms. The number of aryl methyl sites for hydroxylation is 1. The van der Waals surface area contributed by atoms with Gasteiger partial charge in [-0.3, -0.25) is 9.69 Å². The van der Waals surface area contributed by atoms with Crippen molar-refractivity contribution in [3.63, 3.8) is 0 Å². The number of carbonyl (C=O) groups excluding carboxylic acids is 1. The van der Waals surface area contributed by atoms with Gasteiger partial charge in [0, 0.05) is 35.5 Å². The van der Waals surface area contributed by atoms with Crippen LogP contribution in [0.2, 0.25) is 0 Å². The number of ether oxygens (including phenoxy) is 1. The Bertz CT molecular complexity index is 791. The molecule has 1 aliphatic heterocycles. The van der Waals surface area contributed by atoms with Gasteiger partial charge in [0.1, 0.15) is 0 Å². The maximum Gasteiger partial charge on any atom is 0.238 e. The van der Waals surface area contributed by atoms with Crippen molar-refractivity contribution in [2.75, 3.05) is 50.1 Å². The molecule has 0 bridgehead atoms. The van der Waals surface area contributed by atoms with E-state index in [1.54, 1.807) is 0 Å². The quantitative estimate of drug-likeness (QED) is 0.757. The number of para-hydroxylation sites is 1. The fourth-order valence-electron chi connectivity index (χ4n) is 3.27. The predicted octanol–water partition coefficient (Wildman–Crippen LogP) is 3.66. The molecule has 0 unspecified atom stereocenters. The molecule has 27 heavy (non-hydrogen) atoms. The van der Waals surface area contributed by atoms with E-state index in [2.05, 4.69) is 50.4 Å². The van der Waals surface area contributed by atoms with Crippen LogP contribution in [0, 0.1) is 6.92 Å². The topological polar surface area (TPSA) is 44.8 Å². The smallest absolute Gasteiger partial charge is 0.238 e. The summed E-state index contributed by atoms with van der Waals surface area (Å²) in [7, 11) is 1.97. The molecule has 0 atom stereocenters. The maximum absolute atomic E-state index is 12.4. The second kappa shape index (κ2) is 9.35. The molecule has 0 saturated carbocycles. The van der Waals surface area contributed by atoms with Crippen LogP contribution in [0.15, 0.2) is 46.9 Å². The molecule has 1 saturated heterocycles. The first kappa shape index (κ1) is 19.9. The number of carbonyl (C=O) groups is 1. The Morgan fingerprint density at radius 1 is 1.22 bits per heavy atom. The SMILES string of the molecule is Cc1cc(NC(=O)CN(C)Cc2ccccc2N2CCOCC2)ccc1Br. The molecular formula is C21H26BrN3O2. The molecule has 1 fully saturated rings. The van der Waals surface area contributed by atoms with Crippen LogP contribution in [0.3, 0.4) is 0 Å². The molecule has 0 aromatic heterocycles. The largest absolute Gasteiger partial charge is 0.378 e. The van der Waals surface area contributed by atoms with Gasteiger partial charge in [-0.15, -0.1) is 0 Å². The van der Waals surface area contributed by atoms with Crippen LogP contribution in [0.5, 0.6) is 0 Å². The van der Waals surface area contributed by atoms with Crippen LogP contribution in [-0.2, 0) is 16.1 Å². The van der Waals surface area contributed by atoms with Crippen molar-refractivity contribution in [3.8, 4) is 0 Å². The number of anilines is 2. The highest BCUT2D eigenvalue weighted by molar-refractivity contribution is 9.10. The summed E-state index contributed by atoms with van der Waals surface area (Å²) in [5, 5.41) is 2.98. The van der Waals surface area contributed by atoms with Crippen molar-refractivity contribution in [1.29, 1.82) is 0 Å². The molecule has 2 aromatic carbocycles. The van der Waals surface area contributed by atoms with Gasteiger partial charge in [0.2, 0.25) is 5.91 Å². The van der Waals surface area contributed by atoms with Crippen LogP contribution in [0.4, 0.5) is 11.4 Å². The Labute approximate surface area is 169 Å². The van der Waals surface area contributed by atoms with Crippen LogP contribution in [0.1, 0.15) is 11.1 Å². The Hall–Kier alpha value is -1.89. The Kier molecular flexibility index (Phi) is 6.88. The van der Waals surface area contributed by atoms with Crippen molar-refractivity contribution in [2.45, 2.75) is 13.5 Å². The van der Waals surface area contributed by atoms with E-state index >= 15 is 0 Å². The zero-order chi connectivity index (χ0) is 19.2. The lowest BCUT2D eigenvalue weighted by molar-refractivity contribution is -0.117. The first-order chi connectivity index (χ1) is 13.0. The van der Waals surface area contributed by atoms with Crippen LogP contribution < -0.4 is 10.2 Å². The normalized spacial score (nSPS) is 14.4. The third kappa shape index (κ3) is 5.54. The molecule has 0 radical (unpaired) electrons. The van der Waals surface area contributed by atoms with E-state index in [1.165, 1.54) is 11.3 Å². The second-order valence-corrected chi connectivity index (χ2v) is 7.77. The summed E-state index contributed by atoms with van der Waals surface area (Å²) in [5.74, 6) is -0.0110. The number of rotatable bonds is 6. The Balaban J connectivity index is 1.59. The highest BCUT2D eigenvalue weighted by atomic mass is 79.9. The van der Waals surface area contributed by atoms with Gasteiger partial charge in [0.15, 0.2) is 0 Å². The standard InChI is InChI=1S/C21H26BrN3O2/c1-16-13-18(7-8-19(16)22)23-21(26)15-24(2)14-17-5-3-4-6-20(17)25-9-11-27-12-10-25/h3-8,13H,9-12,14-15H2,1-2H3,(H,23,26). The van der Waals surface area contributed by atoms with E-state index in [0.29, 0.717) is 6.54 Å². The van der Waals surface area contributed by atoms with E-state index in [0.717, 1.165) is 48.6 Å². The molecule has 0 aliphatic carbocycles. The van der Waals surface area contributed by atoms with Crippen molar-refractivity contribution in [1.82, 2.24) is 4.90 Å². The van der Waals surface area contributed by atoms with Crippen molar-refractivity contribution in [2.24, 2.45) is 0 Å². The number of likely N-dealkylation sites (N-methyl/N-ethyl adjacent to an activating group) is 1. The molecule has 1 heterocycles. The first-order valence-electron chi connectivity index (χ1n) is 9.18. The Morgan fingerprint density at radius 2 is 1.96 bits per heavy atom. The summed E-state index contributed by atoms with van der Waals surface area (Å²) in [6.45, 7) is 6.41. The van der Waals surface area contributed by atoms with Gasteiger partial charge in [-0.05, 0) is 49.4 Å². The minimum Gasteiger partial charge on any atom is -0.378 e. The molecule has 1 N–H and O–H groups in total. The lowest BCUT2D eigenvalue weighted by Crippen LogP contribution is -2.37. The number of amides is 1. The summed E-state index contributed by atoms with van der Waals surface area (Å²) in [6, 6.07) is 14.2. The van der Waals surface area contributed by atoms with Crippen LogP contribution >= 0.6 is 15.9 Å². The van der Waals surface area contributed by atoms with E-state index in [4.69, 9.17) is 4.74 Å². The van der Waals surface area contributed by atoms with Crippen LogP contribution in [0.25, 0.3) is 0 Å². The number of halogens is 1. The first-order valence-corrected chi connectivity index (χ1v) is 9.97. The third-order valence-corrected chi connectivity index (χ3v) is 5.53. The van der Waals surface area contributed by atoms with Crippen molar-refractivity contribution in [3.05, 3.63) is 58.1 Å². The zero-order valence-corrected chi connectivity index (χ0v) is 17.5. The van der Waals surface area contributed by atoms with Gasteiger partial charge in [-0.1, -0.05) is 34.1 Å². The molecule has 2 aromatic rings. The van der Waals surface area contributed by atoms with Gasteiger partial charge < -0.3 is 15.0 Å². The minimum atomic E-state index is -0.0110. The molecule has 1 amide bonds. The lowest BCUT2D eigenvalue weighted by Gasteiger charge is -2.31. The summed E-state index contributed by atoms with van der Waals surface area (Å²) in [5.41, 5.74) is 4.38. The summed E-state index contributed by atoms with van der Waals surface area (Å²) in [6.07, 6.45) is 0. The summed E-state index contributed by atoms with van der Waals surface area (Å²) in [4.78, 5) is 16.8. The number of hydrogen-bond acceptors (Lipinski definition) is 4. The average molecular weight is 432 g/mol. The molecule has 3 rings (SSSR count). The maximum atomic E-state index is 12.4. The summed E-state index contributed by atoms with van der Waals surface area (Å²) >= 11 is 3.48. The molecular weight excluding hydrogens is 406 g/mol. The highest BCUT2D eigenvalue weighted by Gasteiger charge is 2.16. The number of nitrogens with zero attached hydrogens (tertiary/aromatic N) is 2. The fraction of sp³-hybridized carbons (Fsp3) is 0.381. The zero-order valence-electron chi connectivity index (χ0n) is 15.9. The van der Waals surface area contributed by atoms with Crippen LogP contribution in [-0.4, -0.2) is 50.7 Å². The predicted molar refractivity (Wildman–Crippen MR) is 113 cm³/mol. The van der Waals surface area contributed by atoms with E-state index in [9.17, 15) is 4.79 Å². The van der Waals surface area contributed by atoms with E-state index < -0.39 is 0 Å². The third-order valence-electron chi connectivity index (χ3n) is 4.64. The number of nitrogens with one attached hydrogen (secondary N) is 1. The molecule has 5 nitrogen and oxygen atoms in total. The monoisotopic (exact) mass is 431 g/mol.